The second-order valence-corrected chi connectivity index (χ2v) is 8.81. The van der Waals surface area contributed by atoms with Crippen molar-refractivity contribution in [1.82, 2.24) is 4.90 Å². The molecule has 6 aliphatic rings. The zero-order valence-corrected chi connectivity index (χ0v) is 14.3. The van der Waals surface area contributed by atoms with Gasteiger partial charge in [0.1, 0.15) is 6.23 Å². The van der Waals surface area contributed by atoms with Gasteiger partial charge in [0.05, 0.1) is 12.1 Å². The minimum absolute atomic E-state index is 0.126. The molecule has 1 aliphatic carbocycles. The van der Waals surface area contributed by atoms with Crippen LogP contribution in [0, 0.1) is 17.8 Å². The van der Waals surface area contributed by atoms with Gasteiger partial charge in [-0.2, -0.15) is 0 Å². The molecule has 4 heteroatoms. The summed E-state index contributed by atoms with van der Waals surface area (Å²) >= 11 is 0. The second-order valence-electron chi connectivity index (χ2n) is 8.81. The van der Waals surface area contributed by atoms with E-state index in [-0.39, 0.29) is 17.7 Å². The average Bonchev–Trinajstić information content (AvgIpc) is 2.97. The summed E-state index contributed by atoms with van der Waals surface area (Å²) in [5, 5.41) is 22.6. The number of para-hydroxylation sites is 1. The van der Waals surface area contributed by atoms with Gasteiger partial charge in [0.25, 0.3) is 0 Å². The Bertz CT molecular complexity index is 723. The van der Waals surface area contributed by atoms with Gasteiger partial charge in [-0.05, 0) is 36.8 Å². The van der Waals surface area contributed by atoms with Crippen molar-refractivity contribution in [2.75, 3.05) is 11.9 Å². The highest BCUT2D eigenvalue weighted by molar-refractivity contribution is 5.67. The number of hydrogen-bond donors (Lipinski definition) is 2. The van der Waals surface area contributed by atoms with Gasteiger partial charge in [0.2, 0.25) is 0 Å². The largest absolute Gasteiger partial charge is 0.392 e. The van der Waals surface area contributed by atoms with E-state index < -0.39 is 0 Å². The third-order valence-corrected chi connectivity index (χ3v) is 8.46. The summed E-state index contributed by atoms with van der Waals surface area (Å²) in [7, 11) is 2.19. The SMILES string of the molecule is CC[C@@H]1[C@@H](O)N2C3C[C@H]1C1C(O)[C@]4(C[C@@H]12)c1ccccc1N(C)[C@@H]34. The molecule has 1 aromatic rings. The van der Waals surface area contributed by atoms with Crippen LogP contribution in [0.5, 0.6) is 0 Å². The Balaban J connectivity index is 1.60. The first-order valence-electron chi connectivity index (χ1n) is 9.57. The zero-order valence-electron chi connectivity index (χ0n) is 14.3. The lowest BCUT2D eigenvalue weighted by molar-refractivity contribution is -0.211. The fraction of sp³-hybridized carbons (Fsp3) is 0.700. The van der Waals surface area contributed by atoms with Gasteiger partial charge in [0, 0.05) is 42.1 Å². The number of likely N-dealkylation sites (N-methyl/N-ethyl adjacent to an activating group) is 1. The third-order valence-electron chi connectivity index (χ3n) is 8.46. The number of hydrogen-bond acceptors (Lipinski definition) is 4. The highest BCUT2D eigenvalue weighted by Crippen LogP contribution is 2.68. The quantitative estimate of drug-likeness (QED) is 0.822. The summed E-state index contributed by atoms with van der Waals surface area (Å²) in [5.74, 6) is 1.14. The number of rotatable bonds is 1. The van der Waals surface area contributed by atoms with Crippen LogP contribution in [0.2, 0.25) is 0 Å². The molecule has 10 atom stereocenters. The van der Waals surface area contributed by atoms with Crippen molar-refractivity contribution in [2.24, 2.45) is 17.8 Å². The van der Waals surface area contributed by atoms with Gasteiger partial charge in [-0.15, -0.1) is 0 Å². The lowest BCUT2D eigenvalue weighted by Crippen LogP contribution is -2.72. The van der Waals surface area contributed by atoms with Crippen LogP contribution in [0.15, 0.2) is 24.3 Å². The van der Waals surface area contributed by atoms with Crippen LogP contribution in [-0.2, 0) is 5.41 Å². The predicted octanol–water partition coefficient (Wildman–Crippen LogP) is 1.55. The molecular formula is C20H26N2O2. The number of nitrogens with zero attached hydrogens (tertiary/aromatic N) is 2. The van der Waals surface area contributed by atoms with Gasteiger partial charge in [-0.1, -0.05) is 25.1 Å². The van der Waals surface area contributed by atoms with Gasteiger partial charge in [-0.25, -0.2) is 0 Å². The van der Waals surface area contributed by atoms with Crippen LogP contribution in [-0.4, -0.2) is 52.6 Å². The monoisotopic (exact) mass is 326 g/mol. The molecule has 5 bridgehead atoms. The Hall–Kier alpha value is -1.10. The molecule has 1 saturated carbocycles. The van der Waals surface area contributed by atoms with E-state index in [1.807, 2.05) is 0 Å². The van der Waals surface area contributed by atoms with Crippen molar-refractivity contribution in [3.63, 3.8) is 0 Å². The molecule has 5 fully saturated rings. The van der Waals surface area contributed by atoms with Crippen LogP contribution in [0.3, 0.4) is 0 Å². The number of aliphatic hydroxyl groups excluding tert-OH is 2. The number of aliphatic hydroxyl groups is 2. The minimum atomic E-state index is -0.319. The summed E-state index contributed by atoms with van der Waals surface area (Å²) in [6, 6.07) is 9.70. The van der Waals surface area contributed by atoms with Gasteiger partial charge >= 0.3 is 0 Å². The zero-order chi connectivity index (χ0) is 16.4. The van der Waals surface area contributed by atoms with E-state index in [1.165, 1.54) is 11.3 Å². The first-order chi connectivity index (χ1) is 11.6. The standard InChI is InChI=1S/C20H26N2O2/c1-3-10-11-8-14-17-20(12-6-4-5-7-13(12)21(17)2)9-15(16(11)18(20)23)22(14)19(10)24/h4-7,10-11,14-19,23-24H,3,8-9H2,1-2H3/t10-,11+,14?,15-,16?,17-,18?,19+,20+/m0/s1. The Morgan fingerprint density at radius 1 is 1.21 bits per heavy atom. The van der Waals surface area contributed by atoms with Gasteiger partial charge in [-0.3, -0.25) is 4.90 Å². The van der Waals surface area contributed by atoms with E-state index in [4.69, 9.17) is 0 Å². The van der Waals surface area contributed by atoms with Crippen molar-refractivity contribution in [1.29, 1.82) is 0 Å². The maximum Gasteiger partial charge on any atom is 0.111 e. The molecule has 7 rings (SSSR count). The molecule has 5 heterocycles. The fourth-order valence-corrected chi connectivity index (χ4v) is 7.88. The van der Waals surface area contributed by atoms with E-state index >= 15 is 0 Å². The Morgan fingerprint density at radius 2 is 2.00 bits per heavy atom. The summed E-state index contributed by atoms with van der Waals surface area (Å²) in [4.78, 5) is 4.83. The first-order valence-corrected chi connectivity index (χ1v) is 9.57. The number of benzene rings is 1. The molecule has 1 aromatic carbocycles. The maximum atomic E-state index is 11.6. The van der Waals surface area contributed by atoms with Crippen molar-refractivity contribution in [3.8, 4) is 0 Å². The van der Waals surface area contributed by atoms with Crippen LogP contribution < -0.4 is 4.90 Å². The molecule has 128 valence electrons. The molecule has 4 saturated heterocycles. The number of anilines is 1. The Morgan fingerprint density at radius 3 is 2.79 bits per heavy atom. The molecule has 0 aromatic heterocycles. The van der Waals surface area contributed by atoms with E-state index in [0.717, 1.165) is 19.3 Å². The molecule has 2 N–H and O–H groups in total. The normalized spacial score (nSPS) is 55.8. The number of piperidine rings is 4. The van der Waals surface area contributed by atoms with Crippen LogP contribution in [0.4, 0.5) is 5.69 Å². The van der Waals surface area contributed by atoms with Crippen LogP contribution in [0.1, 0.15) is 31.7 Å². The second kappa shape index (κ2) is 4.17. The van der Waals surface area contributed by atoms with Crippen molar-refractivity contribution in [2.45, 2.75) is 62.1 Å². The van der Waals surface area contributed by atoms with E-state index in [2.05, 4.69) is 48.0 Å². The lowest BCUT2D eigenvalue weighted by atomic mass is 9.62. The van der Waals surface area contributed by atoms with Gasteiger partial charge < -0.3 is 15.1 Å². The van der Waals surface area contributed by atoms with E-state index in [0.29, 0.717) is 35.9 Å². The van der Waals surface area contributed by atoms with Crippen molar-refractivity contribution >= 4 is 5.69 Å². The third kappa shape index (κ3) is 1.20. The first kappa shape index (κ1) is 14.1. The molecular weight excluding hydrogens is 300 g/mol. The van der Waals surface area contributed by atoms with E-state index in [1.54, 1.807) is 0 Å². The highest BCUT2D eigenvalue weighted by Gasteiger charge is 2.76. The maximum absolute atomic E-state index is 11.6. The Labute approximate surface area is 143 Å². The fourth-order valence-electron chi connectivity index (χ4n) is 7.88. The highest BCUT2D eigenvalue weighted by atomic mass is 16.3. The van der Waals surface area contributed by atoms with Crippen molar-refractivity contribution in [3.05, 3.63) is 29.8 Å². The topological polar surface area (TPSA) is 46.9 Å². The summed E-state index contributed by atoms with van der Waals surface area (Å²) in [5.41, 5.74) is 2.51. The molecule has 24 heavy (non-hydrogen) atoms. The lowest BCUT2D eigenvalue weighted by Gasteiger charge is -2.62. The summed E-state index contributed by atoms with van der Waals surface area (Å²) < 4.78 is 0. The molecule has 4 unspecified atom stereocenters. The minimum Gasteiger partial charge on any atom is -0.392 e. The molecule has 4 nitrogen and oxygen atoms in total. The van der Waals surface area contributed by atoms with E-state index in [9.17, 15) is 10.2 Å². The number of fused-ring (bicyclic) bond motifs is 2. The smallest absolute Gasteiger partial charge is 0.111 e. The van der Waals surface area contributed by atoms with Crippen molar-refractivity contribution < 1.29 is 10.2 Å². The molecule has 5 aliphatic heterocycles. The van der Waals surface area contributed by atoms with Crippen LogP contribution in [0.25, 0.3) is 0 Å². The summed E-state index contributed by atoms with van der Waals surface area (Å²) in [6.45, 7) is 2.19. The summed E-state index contributed by atoms with van der Waals surface area (Å²) in [6.07, 6.45) is 2.56. The average molecular weight is 326 g/mol. The Kier molecular flexibility index (Phi) is 2.45. The predicted molar refractivity (Wildman–Crippen MR) is 91.7 cm³/mol. The van der Waals surface area contributed by atoms with Crippen LogP contribution >= 0.6 is 0 Å². The van der Waals surface area contributed by atoms with Gasteiger partial charge in [0.15, 0.2) is 0 Å². The molecule has 0 radical (unpaired) electrons. The molecule has 1 spiro atoms. The molecule has 0 amide bonds.